The number of hydrogen-bond donors (Lipinski definition) is 2. The van der Waals surface area contributed by atoms with Gasteiger partial charge in [-0.15, -0.1) is 0 Å². The van der Waals surface area contributed by atoms with Crippen LogP contribution in [0.5, 0.6) is 0 Å². The van der Waals surface area contributed by atoms with Crippen LogP contribution in [-0.2, 0) is 0 Å². The molecule has 2 N–H and O–H groups in total. The Hall–Kier alpha value is -2.40. The first kappa shape index (κ1) is 14.5. The molecule has 3 aromatic rings. The van der Waals surface area contributed by atoms with E-state index in [0.29, 0.717) is 10.8 Å². The van der Waals surface area contributed by atoms with Crippen LogP contribution in [-0.4, -0.2) is 15.9 Å². The van der Waals surface area contributed by atoms with Gasteiger partial charge in [-0.05, 0) is 37.3 Å². The highest BCUT2D eigenvalue weighted by molar-refractivity contribution is 6.31. The summed E-state index contributed by atoms with van der Waals surface area (Å²) in [6.07, 6.45) is 0. The number of halogens is 2. The van der Waals surface area contributed by atoms with E-state index < -0.39 is 17.8 Å². The van der Waals surface area contributed by atoms with Crippen molar-refractivity contribution in [3.63, 3.8) is 0 Å². The SMILES string of the molecule is C[C@H](NC(=O)c1cc(Cl)ccc1F)c1nc2ccccc2[nH]1. The predicted molar refractivity (Wildman–Crippen MR) is 83.4 cm³/mol. The van der Waals surface area contributed by atoms with E-state index >= 15 is 0 Å². The van der Waals surface area contributed by atoms with Crippen molar-refractivity contribution in [3.8, 4) is 0 Å². The Morgan fingerprint density at radius 3 is 2.86 bits per heavy atom. The summed E-state index contributed by atoms with van der Waals surface area (Å²) in [6.45, 7) is 1.78. The first-order valence-electron chi connectivity index (χ1n) is 6.75. The standard InChI is InChI=1S/C16H13ClFN3O/c1-9(15-20-13-4-2-3-5-14(13)21-15)19-16(22)11-8-10(17)6-7-12(11)18/h2-9H,1H3,(H,19,22)(H,20,21)/t9-/m0/s1. The number of rotatable bonds is 3. The summed E-state index contributed by atoms with van der Waals surface area (Å²) in [4.78, 5) is 19.7. The van der Waals surface area contributed by atoms with Crippen LogP contribution in [0.15, 0.2) is 42.5 Å². The molecular weight excluding hydrogens is 305 g/mol. The zero-order valence-corrected chi connectivity index (χ0v) is 12.5. The van der Waals surface area contributed by atoms with E-state index in [1.54, 1.807) is 6.92 Å². The second kappa shape index (κ2) is 5.77. The normalized spacial score (nSPS) is 12.3. The zero-order chi connectivity index (χ0) is 15.7. The lowest BCUT2D eigenvalue weighted by molar-refractivity contribution is 0.0934. The lowest BCUT2D eigenvalue weighted by Gasteiger charge is -2.12. The largest absolute Gasteiger partial charge is 0.342 e. The number of benzene rings is 2. The Labute approximate surface area is 131 Å². The topological polar surface area (TPSA) is 57.8 Å². The smallest absolute Gasteiger partial charge is 0.254 e. The van der Waals surface area contributed by atoms with Gasteiger partial charge in [-0.3, -0.25) is 4.79 Å². The number of aromatic nitrogens is 2. The fourth-order valence-corrected chi connectivity index (χ4v) is 2.36. The van der Waals surface area contributed by atoms with Gasteiger partial charge < -0.3 is 10.3 Å². The van der Waals surface area contributed by atoms with Crippen molar-refractivity contribution < 1.29 is 9.18 Å². The average Bonchev–Trinajstić information content (AvgIpc) is 2.93. The Bertz CT molecular complexity index is 813. The highest BCUT2D eigenvalue weighted by Gasteiger charge is 2.17. The third kappa shape index (κ3) is 2.80. The van der Waals surface area contributed by atoms with Crippen LogP contribution in [0.3, 0.4) is 0 Å². The maximum absolute atomic E-state index is 13.7. The molecule has 0 bridgehead atoms. The number of carbonyl (C=O) groups excluding carboxylic acids is 1. The molecule has 0 saturated carbocycles. The minimum atomic E-state index is -0.612. The van der Waals surface area contributed by atoms with E-state index in [2.05, 4.69) is 15.3 Å². The summed E-state index contributed by atoms with van der Waals surface area (Å²) in [6, 6.07) is 11.0. The van der Waals surface area contributed by atoms with E-state index in [0.717, 1.165) is 11.0 Å². The first-order valence-corrected chi connectivity index (χ1v) is 7.13. The zero-order valence-electron chi connectivity index (χ0n) is 11.7. The highest BCUT2D eigenvalue weighted by atomic mass is 35.5. The van der Waals surface area contributed by atoms with Gasteiger partial charge in [0, 0.05) is 5.02 Å². The fourth-order valence-electron chi connectivity index (χ4n) is 2.19. The van der Waals surface area contributed by atoms with E-state index in [1.807, 2.05) is 24.3 Å². The monoisotopic (exact) mass is 317 g/mol. The van der Waals surface area contributed by atoms with Gasteiger partial charge in [0.05, 0.1) is 22.6 Å². The highest BCUT2D eigenvalue weighted by Crippen LogP contribution is 2.18. The number of H-pyrrole nitrogens is 1. The molecular formula is C16H13ClFN3O. The van der Waals surface area contributed by atoms with Crippen molar-refractivity contribution in [2.75, 3.05) is 0 Å². The Morgan fingerprint density at radius 2 is 2.09 bits per heavy atom. The van der Waals surface area contributed by atoms with Gasteiger partial charge in [-0.1, -0.05) is 23.7 Å². The molecule has 0 unspecified atom stereocenters. The average molecular weight is 318 g/mol. The summed E-state index contributed by atoms with van der Waals surface area (Å²) in [5, 5.41) is 3.02. The summed E-state index contributed by atoms with van der Waals surface area (Å²) < 4.78 is 13.7. The maximum Gasteiger partial charge on any atom is 0.254 e. The molecule has 0 fully saturated rings. The third-order valence-electron chi connectivity index (χ3n) is 3.34. The number of fused-ring (bicyclic) bond motifs is 1. The number of imidazole rings is 1. The molecule has 1 atom stereocenters. The molecule has 112 valence electrons. The van der Waals surface area contributed by atoms with Crippen LogP contribution in [0, 0.1) is 5.82 Å². The molecule has 0 aliphatic rings. The quantitative estimate of drug-likeness (QED) is 0.771. The molecule has 0 aliphatic heterocycles. The molecule has 22 heavy (non-hydrogen) atoms. The van der Waals surface area contributed by atoms with Gasteiger partial charge in [0.2, 0.25) is 0 Å². The maximum atomic E-state index is 13.7. The minimum absolute atomic E-state index is 0.0875. The van der Waals surface area contributed by atoms with Crippen molar-refractivity contribution in [2.24, 2.45) is 0 Å². The van der Waals surface area contributed by atoms with Crippen molar-refractivity contribution in [3.05, 3.63) is 64.7 Å². The van der Waals surface area contributed by atoms with Gasteiger partial charge in [0.1, 0.15) is 11.6 Å². The number of carbonyl (C=O) groups is 1. The molecule has 4 nitrogen and oxygen atoms in total. The van der Waals surface area contributed by atoms with Crippen molar-refractivity contribution in [1.82, 2.24) is 15.3 Å². The molecule has 6 heteroatoms. The van der Waals surface area contributed by atoms with Crippen LogP contribution in [0.2, 0.25) is 5.02 Å². The molecule has 0 radical (unpaired) electrons. The molecule has 0 aliphatic carbocycles. The van der Waals surface area contributed by atoms with Gasteiger partial charge in [-0.2, -0.15) is 0 Å². The van der Waals surface area contributed by atoms with Crippen molar-refractivity contribution in [1.29, 1.82) is 0 Å². The molecule has 1 amide bonds. The number of para-hydroxylation sites is 2. The molecule has 3 rings (SSSR count). The number of nitrogens with zero attached hydrogens (tertiary/aromatic N) is 1. The van der Waals surface area contributed by atoms with Crippen LogP contribution in [0.1, 0.15) is 29.1 Å². The summed E-state index contributed by atoms with van der Waals surface area (Å²) >= 11 is 5.80. The lowest BCUT2D eigenvalue weighted by atomic mass is 10.2. The second-order valence-corrected chi connectivity index (χ2v) is 5.39. The summed E-state index contributed by atoms with van der Waals surface area (Å²) in [5.41, 5.74) is 1.61. The van der Waals surface area contributed by atoms with Crippen LogP contribution < -0.4 is 5.32 Å². The van der Waals surface area contributed by atoms with Crippen molar-refractivity contribution >= 4 is 28.5 Å². The van der Waals surface area contributed by atoms with E-state index in [-0.39, 0.29) is 5.56 Å². The molecule has 0 saturated heterocycles. The Morgan fingerprint density at radius 1 is 1.32 bits per heavy atom. The Kier molecular flexibility index (Phi) is 3.81. The molecule has 2 aromatic carbocycles. The van der Waals surface area contributed by atoms with Gasteiger partial charge >= 0.3 is 0 Å². The first-order chi connectivity index (χ1) is 10.5. The summed E-state index contributed by atoms with van der Waals surface area (Å²) in [5.74, 6) is -0.538. The van der Waals surface area contributed by atoms with E-state index in [9.17, 15) is 9.18 Å². The number of amides is 1. The summed E-state index contributed by atoms with van der Waals surface area (Å²) in [7, 11) is 0. The van der Waals surface area contributed by atoms with Gasteiger partial charge in [0.15, 0.2) is 0 Å². The van der Waals surface area contributed by atoms with Gasteiger partial charge in [-0.25, -0.2) is 9.37 Å². The van der Waals surface area contributed by atoms with Crippen LogP contribution in [0.25, 0.3) is 11.0 Å². The molecule has 1 heterocycles. The van der Waals surface area contributed by atoms with Crippen LogP contribution >= 0.6 is 11.6 Å². The molecule has 1 aromatic heterocycles. The van der Waals surface area contributed by atoms with Gasteiger partial charge in [0.25, 0.3) is 5.91 Å². The molecule has 0 spiro atoms. The fraction of sp³-hybridized carbons (Fsp3) is 0.125. The Balaban J connectivity index is 1.82. The van der Waals surface area contributed by atoms with Crippen molar-refractivity contribution in [2.45, 2.75) is 13.0 Å². The van der Waals surface area contributed by atoms with Crippen LogP contribution in [0.4, 0.5) is 4.39 Å². The van der Waals surface area contributed by atoms with E-state index in [1.165, 1.54) is 18.2 Å². The van der Waals surface area contributed by atoms with E-state index in [4.69, 9.17) is 11.6 Å². The third-order valence-corrected chi connectivity index (χ3v) is 3.57. The number of aromatic amines is 1. The predicted octanol–water partition coefficient (Wildman–Crippen LogP) is 3.85. The second-order valence-electron chi connectivity index (χ2n) is 4.96. The number of nitrogens with one attached hydrogen (secondary N) is 2. The number of hydrogen-bond acceptors (Lipinski definition) is 2. The minimum Gasteiger partial charge on any atom is -0.342 e. The lowest BCUT2D eigenvalue weighted by Crippen LogP contribution is -2.28.